The largest absolute Gasteiger partial charge is 0.349 e. The number of hydrogen-bond donors (Lipinski definition) is 1. The van der Waals surface area contributed by atoms with Crippen molar-refractivity contribution in [1.29, 1.82) is 0 Å². The average Bonchev–Trinajstić information content (AvgIpc) is 2.42. The predicted octanol–water partition coefficient (Wildman–Crippen LogP) is -0.537. The van der Waals surface area contributed by atoms with Gasteiger partial charge >= 0.3 is 0 Å². The first-order valence-corrected chi connectivity index (χ1v) is 5.34. The molecule has 0 atom stereocenters. The molecule has 7 heteroatoms. The van der Waals surface area contributed by atoms with Crippen molar-refractivity contribution in [2.75, 3.05) is 6.54 Å². The molecule has 0 unspecified atom stereocenters. The maximum absolute atomic E-state index is 11.6. The van der Waals surface area contributed by atoms with E-state index >= 15 is 0 Å². The normalized spacial score (nSPS) is 10.0. The molecule has 0 aromatic carbocycles. The van der Waals surface area contributed by atoms with E-state index in [2.05, 4.69) is 20.4 Å². The minimum atomic E-state index is -0.327. The Hall–Kier alpha value is -2.57. The number of nitrogens with one attached hydrogen (secondary N) is 1. The summed E-state index contributed by atoms with van der Waals surface area (Å²) in [6.07, 6.45) is 5.83. The molecule has 0 fully saturated rings. The lowest BCUT2D eigenvalue weighted by atomic mass is 10.4. The minimum absolute atomic E-state index is 0.203. The summed E-state index contributed by atoms with van der Waals surface area (Å²) in [4.78, 5) is 30.6. The van der Waals surface area contributed by atoms with Gasteiger partial charge in [-0.05, 0) is 6.07 Å². The molecular weight excluding hydrogens is 234 g/mol. The van der Waals surface area contributed by atoms with Crippen molar-refractivity contribution in [2.24, 2.45) is 0 Å². The number of carbonyl (C=O) groups is 1. The molecule has 0 spiro atoms. The number of nitrogens with zero attached hydrogens (tertiary/aromatic N) is 4. The van der Waals surface area contributed by atoms with Gasteiger partial charge < -0.3 is 5.32 Å². The van der Waals surface area contributed by atoms with Crippen LogP contribution in [0.5, 0.6) is 0 Å². The van der Waals surface area contributed by atoms with Gasteiger partial charge in [-0.25, -0.2) is 9.67 Å². The van der Waals surface area contributed by atoms with Crippen LogP contribution in [0.15, 0.2) is 41.7 Å². The maximum atomic E-state index is 11.6. The van der Waals surface area contributed by atoms with Crippen LogP contribution in [-0.2, 0) is 6.54 Å². The van der Waals surface area contributed by atoms with Gasteiger partial charge in [0.1, 0.15) is 5.69 Å². The molecule has 0 aliphatic rings. The minimum Gasteiger partial charge on any atom is -0.349 e. The van der Waals surface area contributed by atoms with Crippen LogP contribution in [0, 0.1) is 0 Å². The fraction of sp³-hybridized carbons (Fsp3) is 0.182. The standard InChI is InChI=1S/C11H11N5O2/c17-10-2-1-3-15-16(10)7-6-14-11(18)9-8-12-4-5-13-9/h1-5,8H,6-7H2,(H,14,18). The maximum Gasteiger partial charge on any atom is 0.271 e. The van der Waals surface area contributed by atoms with Crippen LogP contribution in [0.2, 0.25) is 0 Å². The average molecular weight is 245 g/mol. The number of hydrogen-bond acceptors (Lipinski definition) is 5. The van der Waals surface area contributed by atoms with Gasteiger partial charge in [0.05, 0.1) is 12.7 Å². The van der Waals surface area contributed by atoms with Crippen LogP contribution >= 0.6 is 0 Å². The van der Waals surface area contributed by atoms with Crippen LogP contribution in [0.25, 0.3) is 0 Å². The third-order valence-corrected chi connectivity index (χ3v) is 2.19. The lowest BCUT2D eigenvalue weighted by molar-refractivity contribution is 0.0946. The van der Waals surface area contributed by atoms with Crippen molar-refractivity contribution in [2.45, 2.75) is 6.54 Å². The Kier molecular flexibility index (Phi) is 3.75. The van der Waals surface area contributed by atoms with E-state index in [-0.39, 0.29) is 17.2 Å². The van der Waals surface area contributed by atoms with E-state index in [1.807, 2.05) is 0 Å². The molecule has 1 amide bonds. The third kappa shape index (κ3) is 2.97. The van der Waals surface area contributed by atoms with Gasteiger partial charge in [-0.2, -0.15) is 5.10 Å². The molecule has 0 aliphatic carbocycles. The van der Waals surface area contributed by atoms with Gasteiger partial charge in [-0.3, -0.25) is 14.6 Å². The number of amides is 1. The van der Waals surface area contributed by atoms with Gasteiger partial charge in [0, 0.05) is 31.2 Å². The molecule has 2 heterocycles. The summed E-state index contributed by atoms with van der Waals surface area (Å²) in [6.45, 7) is 0.609. The highest BCUT2D eigenvalue weighted by Gasteiger charge is 2.05. The molecule has 2 rings (SSSR count). The molecule has 0 saturated carbocycles. The molecule has 2 aromatic rings. The zero-order valence-corrected chi connectivity index (χ0v) is 9.48. The lowest BCUT2D eigenvalue weighted by Gasteiger charge is -2.05. The van der Waals surface area contributed by atoms with Crippen molar-refractivity contribution in [3.63, 3.8) is 0 Å². The van der Waals surface area contributed by atoms with Crippen molar-refractivity contribution in [3.8, 4) is 0 Å². The Labute approximate surface area is 103 Å². The molecule has 2 aromatic heterocycles. The molecule has 7 nitrogen and oxygen atoms in total. The van der Waals surface area contributed by atoms with Gasteiger partial charge in [-0.15, -0.1) is 0 Å². The van der Waals surface area contributed by atoms with Gasteiger partial charge in [0.2, 0.25) is 0 Å². The highest BCUT2D eigenvalue weighted by Crippen LogP contribution is 1.89. The molecule has 0 aliphatic heterocycles. The van der Waals surface area contributed by atoms with Gasteiger partial charge in [0.15, 0.2) is 0 Å². The highest BCUT2D eigenvalue weighted by atomic mass is 16.2. The summed E-state index contributed by atoms with van der Waals surface area (Å²) >= 11 is 0. The van der Waals surface area contributed by atoms with E-state index in [1.165, 1.54) is 35.5 Å². The molecule has 92 valence electrons. The molecule has 0 radical (unpaired) electrons. The molecule has 0 bridgehead atoms. The SMILES string of the molecule is O=C(NCCn1ncccc1=O)c1cnccn1. The summed E-state index contributed by atoms with van der Waals surface area (Å²) in [5.74, 6) is -0.327. The second kappa shape index (κ2) is 5.67. The second-order valence-electron chi connectivity index (χ2n) is 3.43. The van der Waals surface area contributed by atoms with E-state index in [4.69, 9.17) is 0 Å². The first-order valence-electron chi connectivity index (χ1n) is 5.34. The van der Waals surface area contributed by atoms with E-state index in [1.54, 1.807) is 6.07 Å². The zero-order valence-electron chi connectivity index (χ0n) is 9.48. The summed E-state index contributed by atoms with van der Waals surface area (Å²) in [5, 5.41) is 6.51. The highest BCUT2D eigenvalue weighted by molar-refractivity contribution is 5.91. The fourth-order valence-corrected chi connectivity index (χ4v) is 1.34. The van der Waals surface area contributed by atoms with Crippen LogP contribution in [-0.4, -0.2) is 32.2 Å². The van der Waals surface area contributed by atoms with E-state index in [0.717, 1.165) is 0 Å². The first-order chi connectivity index (χ1) is 8.77. The van der Waals surface area contributed by atoms with E-state index in [0.29, 0.717) is 13.1 Å². The van der Waals surface area contributed by atoms with Crippen molar-refractivity contribution >= 4 is 5.91 Å². The van der Waals surface area contributed by atoms with Crippen LogP contribution < -0.4 is 10.9 Å². The summed E-state index contributed by atoms with van der Waals surface area (Å²) in [7, 11) is 0. The van der Waals surface area contributed by atoms with Gasteiger partial charge in [-0.1, -0.05) is 0 Å². The topological polar surface area (TPSA) is 89.8 Å². The Morgan fingerprint density at radius 2 is 2.22 bits per heavy atom. The number of rotatable bonds is 4. The Balaban J connectivity index is 1.88. The van der Waals surface area contributed by atoms with Gasteiger partial charge in [0.25, 0.3) is 11.5 Å². The molecule has 1 N–H and O–H groups in total. The molecular formula is C11H11N5O2. The van der Waals surface area contributed by atoms with Crippen molar-refractivity contribution in [3.05, 3.63) is 53.0 Å². The molecule has 18 heavy (non-hydrogen) atoms. The quantitative estimate of drug-likeness (QED) is 0.781. The monoisotopic (exact) mass is 245 g/mol. The van der Waals surface area contributed by atoms with E-state index in [9.17, 15) is 9.59 Å². The predicted molar refractivity (Wildman–Crippen MR) is 62.9 cm³/mol. The summed E-state index contributed by atoms with van der Waals surface area (Å²) in [5.41, 5.74) is 0.0390. The third-order valence-electron chi connectivity index (χ3n) is 2.19. The number of carbonyl (C=O) groups excluding carboxylic acids is 1. The first kappa shape index (κ1) is 11.9. The van der Waals surface area contributed by atoms with Crippen LogP contribution in [0.1, 0.15) is 10.5 Å². The Morgan fingerprint density at radius 1 is 1.33 bits per heavy atom. The fourth-order valence-electron chi connectivity index (χ4n) is 1.34. The van der Waals surface area contributed by atoms with Crippen LogP contribution in [0.4, 0.5) is 0 Å². The smallest absolute Gasteiger partial charge is 0.271 e. The molecule has 0 saturated heterocycles. The second-order valence-corrected chi connectivity index (χ2v) is 3.43. The van der Waals surface area contributed by atoms with Crippen LogP contribution in [0.3, 0.4) is 0 Å². The van der Waals surface area contributed by atoms with Crippen molar-refractivity contribution in [1.82, 2.24) is 25.1 Å². The number of aromatic nitrogens is 4. The summed E-state index contributed by atoms with van der Waals surface area (Å²) in [6, 6.07) is 2.98. The lowest BCUT2D eigenvalue weighted by Crippen LogP contribution is -2.32. The Bertz CT molecular complexity index is 581. The zero-order chi connectivity index (χ0) is 12.8. The summed E-state index contributed by atoms with van der Waals surface area (Å²) < 4.78 is 1.27. The van der Waals surface area contributed by atoms with Crippen molar-refractivity contribution < 1.29 is 4.79 Å². The Morgan fingerprint density at radius 3 is 2.94 bits per heavy atom. The van der Waals surface area contributed by atoms with E-state index < -0.39 is 0 Å².